The van der Waals surface area contributed by atoms with Gasteiger partial charge in [-0.1, -0.05) is 28.1 Å². The molecule has 21 heavy (non-hydrogen) atoms. The number of para-hydroxylation sites is 1. The van der Waals surface area contributed by atoms with Crippen LogP contribution in [0.1, 0.15) is 10.4 Å². The summed E-state index contributed by atoms with van der Waals surface area (Å²) in [5.41, 5.74) is 0.281. The van der Waals surface area contributed by atoms with Crippen molar-refractivity contribution in [2.75, 3.05) is 11.9 Å². The molecule has 2 N–H and O–H groups in total. The minimum absolute atomic E-state index is 0.0366. The maximum absolute atomic E-state index is 11.8. The van der Waals surface area contributed by atoms with Crippen LogP contribution in [0.4, 0.5) is 5.69 Å². The molecule has 0 aliphatic heterocycles. The fourth-order valence-electron chi connectivity index (χ4n) is 1.64. The van der Waals surface area contributed by atoms with Gasteiger partial charge >= 0.3 is 5.97 Å². The maximum Gasteiger partial charge on any atom is 0.337 e. The normalized spacial score (nSPS) is 9.95. The van der Waals surface area contributed by atoms with Crippen LogP contribution in [0.5, 0.6) is 5.75 Å². The lowest BCUT2D eigenvalue weighted by molar-refractivity contribution is -0.118. The molecule has 0 fully saturated rings. The summed E-state index contributed by atoms with van der Waals surface area (Å²) in [5.74, 6) is -0.966. The van der Waals surface area contributed by atoms with Crippen molar-refractivity contribution in [2.45, 2.75) is 0 Å². The number of amides is 1. The van der Waals surface area contributed by atoms with Gasteiger partial charge in [-0.25, -0.2) is 4.79 Å². The monoisotopic (exact) mass is 349 g/mol. The molecule has 0 bridgehead atoms. The highest BCUT2D eigenvalue weighted by Gasteiger charge is 2.11. The standard InChI is InChI=1S/C15H12BrNO4/c16-10-5-7-11(8-6-10)21-9-14(18)17-13-4-2-1-3-12(13)15(19)20/h1-8H,9H2,(H,17,18)(H,19,20). The molecule has 0 aliphatic rings. The van der Waals surface area contributed by atoms with E-state index in [2.05, 4.69) is 21.2 Å². The minimum Gasteiger partial charge on any atom is -0.484 e. The summed E-state index contributed by atoms with van der Waals surface area (Å²) < 4.78 is 6.23. The van der Waals surface area contributed by atoms with Gasteiger partial charge in [-0.3, -0.25) is 4.79 Å². The van der Waals surface area contributed by atoms with Crippen molar-refractivity contribution in [3.63, 3.8) is 0 Å². The molecule has 0 radical (unpaired) electrons. The van der Waals surface area contributed by atoms with Gasteiger partial charge in [0.15, 0.2) is 6.61 Å². The number of carboxylic acid groups (broad SMARTS) is 1. The highest BCUT2D eigenvalue weighted by atomic mass is 79.9. The molecule has 6 heteroatoms. The number of anilines is 1. The van der Waals surface area contributed by atoms with Crippen molar-refractivity contribution in [1.82, 2.24) is 0 Å². The topological polar surface area (TPSA) is 75.6 Å². The Bertz CT molecular complexity index is 655. The van der Waals surface area contributed by atoms with E-state index in [9.17, 15) is 9.59 Å². The summed E-state index contributed by atoms with van der Waals surface area (Å²) in [6.45, 7) is -0.199. The van der Waals surface area contributed by atoms with E-state index < -0.39 is 11.9 Å². The van der Waals surface area contributed by atoms with E-state index in [-0.39, 0.29) is 17.9 Å². The Morgan fingerprint density at radius 2 is 1.76 bits per heavy atom. The van der Waals surface area contributed by atoms with Crippen LogP contribution in [0.25, 0.3) is 0 Å². The zero-order valence-electron chi connectivity index (χ0n) is 10.9. The van der Waals surface area contributed by atoms with Gasteiger partial charge in [0, 0.05) is 4.47 Å². The first-order valence-corrected chi connectivity index (χ1v) is 6.86. The molecule has 1 amide bonds. The second kappa shape index (κ2) is 6.90. The van der Waals surface area contributed by atoms with Crippen molar-refractivity contribution in [2.24, 2.45) is 0 Å². The van der Waals surface area contributed by atoms with Crippen molar-refractivity contribution >= 4 is 33.5 Å². The van der Waals surface area contributed by atoms with Crippen LogP contribution in [0, 0.1) is 0 Å². The van der Waals surface area contributed by atoms with Crippen LogP contribution >= 0.6 is 15.9 Å². The number of hydrogen-bond donors (Lipinski definition) is 2. The summed E-state index contributed by atoms with van der Waals surface area (Å²) in [6, 6.07) is 13.2. The highest BCUT2D eigenvalue weighted by Crippen LogP contribution is 2.17. The molecular formula is C15H12BrNO4. The van der Waals surface area contributed by atoms with E-state index in [4.69, 9.17) is 9.84 Å². The molecule has 5 nitrogen and oxygen atoms in total. The Balaban J connectivity index is 1.96. The number of carbonyl (C=O) groups is 2. The van der Waals surface area contributed by atoms with Gasteiger partial charge in [0.25, 0.3) is 5.91 Å². The lowest BCUT2D eigenvalue weighted by atomic mass is 10.2. The van der Waals surface area contributed by atoms with Crippen LogP contribution in [0.2, 0.25) is 0 Å². The number of carboxylic acids is 1. The third kappa shape index (κ3) is 4.32. The molecule has 2 aromatic carbocycles. The Hall–Kier alpha value is -2.34. The van der Waals surface area contributed by atoms with Crippen molar-refractivity contribution < 1.29 is 19.4 Å². The van der Waals surface area contributed by atoms with Gasteiger partial charge in [-0.2, -0.15) is 0 Å². The number of halogens is 1. The fraction of sp³-hybridized carbons (Fsp3) is 0.0667. The fourth-order valence-corrected chi connectivity index (χ4v) is 1.91. The Morgan fingerprint density at radius 1 is 1.10 bits per heavy atom. The number of nitrogens with one attached hydrogen (secondary N) is 1. The summed E-state index contributed by atoms with van der Waals surface area (Å²) in [5, 5.41) is 11.5. The second-order valence-corrected chi connectivity index (χ2v) is 5.06. The van der Waals surface area contributed by atoms with Gasteiger partial charge in [-0.15, -0.1) is 0 Å². The molecule has 0 saturated heterocycles. The van der Waals surface area contributed by atoms with Crippen LogP contribution in [0.15, 0.2) is 53.0 Å². The molecule has 108 valence electrons. The highest BCUT2D eigenvalue weighted by molar-refractivity contribution is 9.10. The lowest BCUT2D eigenvalue weighted by Gasteiger charge is -2.09. The molecule has 0 aromatic heterocycles. The molecular weight excluding hydrogens is 338 g/mol. The zero-order chi connectivity index (χ0) is 15.2. The van der Waals surface area contributed by atoms with E-state index in [1.807, 2.05) is 0 Å². The number of benzene rings is 2. The zero-order valence-corrected chi connectivity index (χ0v) is 12.5. The van der Waals surface area contributed by atoms with Crippen LogP contribution in [0.3, 0.4) is 0 Å². The number of aromatic carboxylic acids is 1. The molecule has 2 rings (SSSR count). The van der Waals surface area contributed by atoms with E-state index in [1.54, 1.807) is 36.4 Å². The maximum atomic E-state index is 11.8. The van der Waals surface area contributed by atoms with Crippen molar-refractivity contribution in [3.05, 3.63) is 58.6 Å². The Labute approximate surface area is 129 Å². The molecule has 0 atom stereocenters. The average molecular weight is 350 g/mol. The van der Waals surface area contributed by atoms with Gasteiger partial charge < -0.3 is 15.2 Å². The summed E-state index contributed by atoms with van der Waals surface area (Å²) >= 11 is 3.30. The van der Waals surface area contributed by atoms with Crippen molar-refractivity contribution in [3.8, 4) is 5.75 Å². The minimum atomic E-state index is -1.10. The molecule has 0 saturated carbocycles. The van der Waals surface area contributed by atoms with Crippen molar-refractivity contribution in [1.29, 1.82) is 0 Å². The molecule has 0 unspecified atom stereocenters. The summed E-state index contributed by atoms with van der Waals surface area (Å²) in [4.78, 5) is 22.8. The molecule has 0 aliphatic carbocycles. The summed E-state index contributed by atoms with van der Waals surface area (Å²) in [6.07, 6.45) is 0. The predicted molar refractivity (Wildman–Crippen MR) is 81.7 cm³/mol. The van der Waals surface area contributed by atoms with Gasteiger partial charge in [0.05, 0.1) is 11.3 Å². The SMILES string of the molecule is O=C(COc1ccc(Br)cc1)Nc1ccccc1C(=O)O. The van der Waals surface area contributed by atoms with Gasteiger partial charge in [0.1, 0.15) is 5.75 Å². The third-order valence-corrected chi connectivity index (χ3v) is 3.14. The van der Waals surface area contributed by atoms with Crippen LogP contribution in [-0.2, 0) is 4.79 Å². The molecule has 0 spiro atoms. The van der Waals surface area contributed by atoms with E-state index in [0.717, 1.165) is 4.47 Å². The second-order valence-electron chi connectivity index (χ2n) is 4.14. The lowest BCUT2D eigenvalue weighted by Crippen LogP contribution is -2.21. The largest absolute Gasteiger partial charge is 0.484 e. The van der Waals surface area contributed by atoms with E-state index in [0.29, 0.717) is 5.75 Å². The predicted octanol–water partition coefficient (Wildman–Crippen LogP) is 3.16. The average Bonchev–Trinajstić information content (AvgIpc) is 2.47. The smallest absolute Gasteiger partial charge is 0.337 e. The quantitative estimate of drug-likeness (QED) is 0.869. The Kier molecular flexibility index (Phi) is 4.94. The van der Waals surface area contributed by atoms with E-state index >= 15 is 0 Å². The number of ether oxygens (including phenoxy) is 1. The van der Waals surface area contributed by atoms with Crippen LogP contribution < -0.4 is 10.1 Å². The number of carbonyl (C=O) groups excluding carboxylic acids is 1. The molecule has 2 aromatic rings. The molecule has 0 heterocycles. The first-order valence-electron chi connectivity index (χ1n) is 6.07. The Morgan fingerprint density at radius 3 is 2.43 bits per heavy atom. The van der Waals surface area contributed by atoms with E-state index in [1.165, 1.54) is 12.1 Å². The van der Waals surface area contributed by atoms with Gasteiger partial charge in [-0.05, 0) is 36.4 Å². The first kappa shape index (κ1) is 15.1. The number of rotatable bonds is 5. The number of hydrogen-bond acceptors (Lipinski definition) is 3. The summed E-state index contributed by atoms with van der Waals surface area (Å²) in [7, 11) is 0. The first-order chi connectivity index (χ1) is 10.1. The van der Waals surface area contributed by atoms with Gasteiger partial charge in [0.2, 0.25) is 0 Å². The third-order valence-electron chi connectivity index (χ3n) is 2.62. The van der Waals surface area contributed by atoms with Crippen LogP contribution in [-0.4, -0.2) is 23.6 Å².